The number of aromatic nitrogens is 4. The van der Waals surface area contributed by atoms with Crippen molar-refractivity contribution >= 4 is 17.5 Å². The van der Waals surface area contributed by atoms with Gasteiger partial charge in [-0.3, -0.25) is 15.1 Å². The molecule has 2 aromatic carbocycles. The third-order valence-corrected chi connectivity index (χ3v) is 4.43. The van der Waals surface area contributed by atoms with E-state index in [0.29, 0.717) is 28.6 Å². The SMILES string of the molecule is COc1ccc(NC(=O)Nc2cc(-c3ccccc3)nn2-c2nc(C)cc(=O)[nH]2)cc1. The van der Waals surface area contributed by atoms with Crippen LogP contribution in [0.15, 0.2) is 71.5 Å². The molecule has 0 aliphatic rings. The Labute approximate surface area is 177 Å². The molecule has 31 heavy (non-hydrogen) atoms. The molecule has 0 saturated heterocycles. The first-order valence-corrected chi connectivity index (χ1v) is 9.48. The molecule has 0 fully saturated rings. The number of aromatic amines is 1. The summed E-state index contributed by atoms with van der Waals surface area (Å²) in [5.74, 6) is 1.23. The molecule has 3 N–H and O–H groups in total. The van der Waals surface area contributed by atoms with E-state index in [9.17, 15) is 9.59 Å². The van der Waals surface area contributed by atoms with Crippen LogP contribution in [-0.2, 0) is 0 Å². The third kappa shape index (κ3) is 4.61. The first-order chi connectivity index (χ1) is 15.0. The maximum Gasteiger partial charge on any atom is 0.324 e. The summed E-state index contributed by atoms with van der Waals surface area (Å²) in [6.07, 6.45) is 0. The third-order valence-electron chi connectivity index (χ3n) is 4.43. The van der Waals surface area contributed by atoms with Gasteiger partial charge in [-0.25, -0.2) is 9.78 Å². The number of hydrogen-bond acceptors (Lipinski definition) is 5. The number of carbonyl (C=O) groups excluding carboxylic acids is 1. The van der Waals surface area contributed by atoms with Crippen molar-refractivity contribution in [3.8, 4) is 23.0 Å². The number of nitrogens with zero attached hydrogens (tertiary/aromatic N) is 3. The number of methoxy groups -OCH3 is 1. The Bertz CT molecular complexity index is 1260. The fourth-order valence-corrected chi connectivity index (χ4v) is 3.00. The summed E-state index contributed by atoms with van der Waals surface area (Å²) >= 11 is 0. The average molecular weight is 416 g/mol. The molecule has 9 heteroatoms. The van der Waals surface area contributed by atoms with Gasteiger partial charge in [0.1, 0.15) is 11.6 Å². The number of anilines is 2. The highest BCUT2D eigenvalue weighted by Crippen LogP contribution is 2.24. The molecule has 0 aliphatic carbocycles. The lowest BCUT2D eigenvalue weighted by Crippen LogP contribution is -2.22. The Hall–Kier alpha value is -4.40. The van der Waals surface area contributed by atoms with Crippen molar-refractivity contribution in [1.82, 2.24) is 19.7 Å². The van der Waals surface area contributed by atoms with E-state index in [1.54, 1.807) is 44.4 Å². The monoisotopic (exact) mass is 416 g/mol. The Kier molecular flexibility index (Phi) is 5.48. The Morgan fingerprint density at radius 1 is 1.03 bits per heavy atom. The zero-order chi connectivity index (χ0) is 21.8. The standard InChI is InChI=1S/C22H20N6O3/c1-14-12-20(29)26-21(23-14)28-19(13-18(27-28)15-6-4-3-5-7-15)25-22(30)24-16-8-10-17(31-2)11-9-16/h3-13H,1-2H3,(H,23,26,29)(H2,24,25,30). The first kappa shape index (κ1) is 19.9. The van der Waals surface area contributed by atoms with E-state index in [4.69, 9.17) is 4.74 Å². The van der Waals surface area contributed by atoms with E-state index in [1.165, 1.54) is 10.7 Å². The Morgan fingerprint density at radius 2 is 1.77 bits per heavy atom. The summed E-state index contributed by atoms with van der Waals surface area (Å²) in [6.45, 7) is 1.71. The van der Waals surface area contributed by atoms with Crippen molar-refractivity contribution in [2.75, 3.05) is 17.7 Å². The maximum absolute atomic E-state index is 12.6. The van der Waals surface area contributed by atoms with E-state index < -0.39 is 6.03 Å². The summed E-state index contributed by atoms with van der Waals surface area (Å²) in [6, 6.07) is 19.1. The predicted octanol–water partition coefficient (Wildman–Crippen LogP) is 3.58. The van der Waals surface area contributed by atoms with Crippen LogP contribution in [0.1, 0.15) is 5.69 Å². The predicted molar refractivity (Wildman–Crippen MR) is 118 cm³/mol. The molecule has 0 saturated carbocycles. The van der Waals surface area contributed by atoms with Gasteiger partial charge >= 0.3 is 6.03 Å². The Balaban J connectivity index is 1.66. The molecule has 4 aromatic rings. The topological polar surface area (TPSA) is 114 Å². The number of benzene rings is 2. The molecule has 156 valence electrons. The molecule has 2 amide bonds. The van der Waals surface area contributed by atoms with Gasteiger partial charge in [0.05, 0.1) is 12.8 Å². The summed E-state index contributed by atoms with van der Waals surface area (Å²) in [5.41, 5.74) is 2.28. The van der Waals surface area contributed by atoms with E-state index in [0.717, 1.165) is 5.56 Å². The van der Waals surface area contributed by atoms with Crippen LogP contribution in [0.5, 0.6) is 5.75 Å². The van der Waals surface area contributed by atoms with Gasteiger partial charge < -0.3 is 10.1 Å². The number of rotatable bonds is 5. The highest BCUT2D eigenvalue weighted by Gasteiger charge is 2.16. The van der Waals surface area contributed by atoms with Crippen molar-refractivity contribution in [3.63, 3.8) is 0 Å². The molecule has 9 nitrogen and oxygen atoms in total. The van der Waals surface area contributed by atoms with Gasteiger partial charge in [0.15, 0.2) is 0 Å². The molecule has 0 aliphatic heterocycles. The van der Waals surface area contributed by atoms with E-state index in [2.05, 4.69) is 25.7 Å². The molecule has 0 radical (unpaired) electrons. The smallest absolute Gasteiger partial charge is 0.324 e. The zero-order valence-corrected chi connectivity index (χ0v) is 16.9. The minimum Gasteiger partial charge on any atom is -0.497 e. The van der Waals surface area contributed by atoms with Crippen molar-refractivity contribution in [2.24, 2.45) is 0 Å². The fourth-order valence-electron chi connectivity index (χ4n) is 3.00. The van der Waals surface area contributed by atoms with Crippen molar-refractivity contribution in [3.05, 3.63) is 82.8 Å². The minimum atomic E-state index is -0.471. The van der Waals surface area contributed by atoms with Crippen LogP contribution in [0.25, 0.3) is 17.2 Å². The summed E-state index contributed by atoms with van der Waals surface area (Å²) < 4.78 is 6.52. The first-order valence-electron chi connectivity index (χ1n) is 9.48. The fraction of sp³-hybridized carbons (Fsp3) is 0.0909. The lowest BCUT2D eigenvalue weighted by atomic mass is 10.2. The van der Waals surface area contributed by atoms with Crippen LogP contribution in [0.3, 0.4) is 0 Å². The molecular formula is C22H20N6O3. The van der Waals surface area contributed by atoms with Crippen LogP contribution in [0.2, 0.25) is 0 Å². The number of H-pyrrole nitrogens is 1. The van der Waals surface area contributed by atoms with Gasteiger partial charge in [0, 0.05) is 29.1 Å². The van der Waals surface area contributed by atoms with Gasteiger partial charge in [-0.05, 0) is 31.2 Å². The van der Waals surface area contributed by atoms with Crippen LogP contribution < -0.4 is 20.9 Å². The zero-order valence-electron chi connectivity index (χ0n) is 16.9. The normalized spacial score (nSPS) is 10.5. The molecule has 0 spiro atoms. The number of aryl methyl sites for hydroxylation is 1. The van der Waals surface area contributed by atoms with E-state index in [1.807, 2.05) is 30.3 Å². The molecule has 0 atom stereocenters. The highest BCUT2D eigenvalue weighted by atomic mass is 16.5. The maximum atomic E-state index is 12.6. The van der Waals surface area contributed by atoms with E-state index >= 15 is 0 Å². The number of amides is 2. The number of nitrogens with one attached hydrogen (secondary N) is 3. The van der Waals surface area contributed by atoms with E-state index in [-0.39, 0.29) is 11.5 Å². The number of hydrogen-bond donors (Lipinski definition) is 3. The highest BCUT2D eigenvalue weighted by molar-refractivity contribution is 5.99. The van der Waals surface area contributed by atoms with Crippen molar-refractivity contribution < 1.29 is 9.53 Å². The van der Waals surface area contributed by atoms with Gasteiger partial charge in [-0.1, -0.05) is 30.3 Å². The van der Waals surface area contributed by atoms with Crippen LogP contribution in [0, 0.1) is 6.92 Å². The molecular weight excluding hydrogens is 396 g/mol. The summed E-state index contributed by atoms with van der Waals surface area (Å²) in [4.78, 5) is 31.5. The van der Waals surface area contributed by atoms with Crippen LogP contribution in [0.4, 0.5) is 16.3 Å². The van der Waals surface area contributed by atoms with Crippen molar-refractivity contribution in [1.29, 1.82) is 0 Å². The summed E-state index contributed by atoms with van der Waals surface area (Å²) in [7, 11) is 1.57. The number of carbonyl (C=O) groups is 1. The number of ether oxygens (including phenoxy) is 1. The molecule has 2 heterocycles. The van der Waals surface area contributed by atoms with Gasteiger partial charge in [0.25, 0.3) is 5.56 Å². The second-order valence-corrected chi connectivity index (χ2v) is 6.71. The van der Waals surface area contributed by atoms with Crippen molar-refractivity contribution in [2.45, 2.75) is 6.92 Å². The minimum absolute atomic E-state index is 0.201. The van der Waals surface area contributed by atoms with Gasteiger partial charge in [-0.2, -0.15) is 9.78 Å². The lowest BCUT2D eigenvalue weighted by molar-refractivity contribution is 0.262. The van der Waals surface area contributed by atoms with Crippen LogP contribution >= 0.6 is 0 Å². The summed E-state index contributed by atoms with van der Waals surface area (Å²) in [5, 5.41) is 10.1. The second kappa shape index (κ2) is 8.54. The van der Waals surface area contributed by atoms with Crippen LogP contribution in [-0.4, -0.2) is 32.9 Å². The molecule has 4 rings (SSSR count). The molecule has 0 unspecified atom stereocenters. The average Bonchev–Trinajstić information content (AvgIpc) is 3.18. The Morgan fingerprint density at radius 3 is 2.45 bits per heavy atom. The quantitative estimate of drug-likeness (QED) is 0.460. The number of urea groups is 1. The molecule has 2 aromatic heterocycles. The largest absolute Gasteiger partial charge is 0.497 e. The van der Waals surface area contributed by atoms with Gasteiger partial charge in [-0.15, -0.1) is 0 Å². The molecule has 0 bridgehead atoms. The lowest BCUT2D eigenvalue weighted by Gasteiger charge is -2.10. The second-order valence-electron chi connectivity index (χ2n) is 6.71. The van der Waals surface area contributed by atoms with Gasteiger partial charge in [0.2, 0.25) is 5.95 Å².